The molecule has 0 aliphatic heterocycles. The fourth-order valence-electron chi connectivity index (χ4n) is 2.72. The van der Waals surface area contributed by atoms with Crippen LogP contribution in [0, 0.1) is 12.8 Å². The summed E-state index contributed by atoms with van der Waals surface area (Å²) in [5.41, 5.74) is 2.82. The van der Waals surface area contributed by atoms with Gasteiger partial charge >= 0.3 is 5.97 Å². The number of aryl methyl sites for hydroxylation is 1. The predicted molar refractivity (Wildman–Crippen MR) is 106 cm³/mol. The highest BCUT2D eigenvalue weighted by molar-refractivity contribution is 5.70. The molecular formula is C20H34N5O2+. The predicted octanol–water partition coefficient (Wildman–Crippen LogP) is 1.88. The summed E-state index contributed by atoms with van der Waals surface area (Å²) in [7, 11) is 4.42. The van der Waals surface area contributed by atoms with Crippen LogP contribution in [0.25, 0.3) is 0 Å². The first kappa shape index (κ1) is 22.8. The topological polar surface area (TPSA) is 96.2 Å². The summed E-state index contributed by atoms with van der Waals surface area (Å²) < 4.78 is 0. The van der Waals surface area contributed by atoms with Gasteiger partial charge in [-0.05, 0) is 24.8 Å². The molecule has 3 N–H and O–H groups in total. The van der Waals surface area contributed by atoms with Gasteiger partial charge in [0.15, 0.2) is 5.82 Å². The maximum absolute atomic E-state index is 10.7. The SMILES string of the molecule is CCC[C@@H](Cc1nn[nH]n1)C(=O)O.Cc1ccc(C(C)CC[NH+](C)C)cc1. The molecule has 0 radical (unpaired) electrons. The third kappa shape index (κ3) is 9.28. The molecule has 1 unspecified atom stereocenters. The standard InChI is InChI=1S/C13H21N.C7H12N4O2/c1-11-5-7-13(8-6-11)12(2)9-10-14(3)4;1-2-3-5(7(12)13)4-6-8-10-11-9-6/h5-8,12H,9-10H2,1-4H3;5H,2-4H2,1H3,(H,12,13)(H,8,9,10,11)/p+1/t;5-/m.0/s1. The van der Waals surface area contributed by atoms with E-state index in [0.717, 1.165) is 6.42 Å². The molecule has 1 heterocycles. The van der Waals surface area contributed by atoms with E-state index in [2.05, 4.69) is 72.8 Å². The van der Waals surface area contributed by atoms with Crippen LogP contribution in [0.5, 0.6) is 0 Å². The molecule has 7 nitrogen and oxygen atoms in total. The summed E-state index contributed by atoms with van der Waals surface area (Å²) in [5.74, 6) is -0.0550. The molecule has 2 atom stereocenters. The fraction of sp³-hybridized carbons (Fsp3) is 0.600. The molecule has 0 aliphatic carbocycles. The van der Waals surface area contributed by atoms with Crippen molar-refractivity contribution >= 4 is 5.97 Å². The zero-order valence-corrected chi connectivity index (χ0v) is 17.2. The number of carbonyl (C=O) groups is 1. The Morgan fingerprint density at radius 3 is 2.37 bits per heavy atom. The van der Waals surface area contributed by atoms with Crippen LogP contribution in [-0.4, -0.2) is 52.3 Å². The van der Waals surface area contributed by atoms with Gasteiger partial charge in [-0.1, -0.05) is 55.3 Å². The monoisotopic (exact) mass is 376 g/mol. The number of hydrogen-bond acceptors (Lipinski definition) is 4. The molecular weight excluding hydrogens is 342 g/mol. The number of carboxylic acids is 1. The van der Waals surface area contributed by atoms with Crippen LogP contribution in [0.4, 0.5) is 0 Å². The Morgan fingerprint density at radius 2 is 1.89 bits per heavy atom. The van der Waals surface area contributed by atoms with Crippen LogP contribution >= 0.6 is 0 Å². The smallest absolute Gasteiger partial charge is 0.306 e. The third-order valence-corrected chi connectivity index (χ3v) is 4.53. The number of hydrogen-bond donors (Lipinski definition) is 3. The number of aromatic amines is 1. The molecule has 0 bridgehead atoms. The zero-order valence-electron chi connectivity index (χ0n) is 17.2. The lowest BCUT2D eigenvalue weighted by atomic mass is 9.97. The lowest BCUT2D eigenvalue weighted by Gasteiger charge is -2.13. The van der Waals surface area contributed by atoms with Gasteiger partial charge in [0, 0.05) is 12.8 Å². The Kier molecular flexibility index (Phi) is 10.3. The van der Waals surface area contributed by atoms with Gasteiger partial charge in [-0.15, -0.1) is 10.2 Å². The van der Waals surface area contributed by atoms with Crippen molar-refractivity contribution in [2.24, 2.45) is 5.92 Å². The van der Waals surface area contributed by atoms with Gasteiger partial charge in [0.05, 0.1) is 26.6 Å². The summed E-state index contributed by atoms with van der Waals surface area (Å²) in [6, 6.07) is 8.92. The Balaban J connectivity index is 0.000000271. The van der Waals surface area contributed by atoms with Crippen molar-refractivity contribution in [3.8, 4) is 0 Å². The van der Waals surface area contributed by atoms with Crippen molar-refractivity contribution in [2.45, 2.75) is 52.4 Å². The van der Waals surface area contributed by atoms with Gasteiger partial charge in [0.1, 0.15) is 0 Å². The number of benzene rings is 1. The van der Waals surface area contributed by atoms with Gasteiger partial charge in [0.2, 0.25) is 0 Å². The van der Waals surface area contributed by atoms with E-state index in [4.69, 9.17) is 5.11 Å². The lowest BCUT2D eigenvalue weighted by Crippen LogP contribution is -3.05. The van der Waals surface area contributed by atoms with Crippen molar-refractivity contribution in [1.82, 2.24) is 20.6 Å². The maximum atomic E-state index is 10.7. The molecule has 2 rings (SSSR count). The van der Waals surface area contributed by atoms with Gasteiger partial charge in [-0.2, -0.15) is 5.21 Å². The summed E-state index contributed by atoms with van der Waals surface area (Å²) >= 11 is 0. The number of nitrogens with one attached hydrogen (secondary N) is 2. The normalized spacial score (nSPS) is 13.0. The van der Waals surface area contributed by atoms with Crippen LogP contribution < -0.4 is 4.90 Å². The number of rotatable bonds is 9. The second kappa shape index (κ2) is 12.2. The van der Waals surface area contributed by atoms with Gasteiger partial charge < -0.3 is 10.0 Å². The molecule has 27 heavy (non-hydrogen) atoms. The van der Waals surface area contributed by atoms with Crippen LogP contribution in [-0.2, 0) is 11.2 Å². The Labute approximate surface area is 162 Å². The third-order valence-electron chi connectivity index (χ3n) is 4.53. The van der Waals surface area contributed by atoms with Crippen LogP contribution in [0.15, 0.2) is 24.3 Å². The van der Waals surface area contributed by atoms with E-state index < -0.39 is 11.9 Å². The lowest BCUT2D eigenvalue weighted by molar-refractivity contribution is -0.858. The quantitative estimate of drug-likeness (QED) is 0.621. The van der Waals surface area contributed by atoms with Gasteiger partial charge in [-0.3, -0.25) is 4.79 Å². The zero-order chi connectivity index (χ0) is 20.2. The number of H-pyrrole nitrogens is 1. The largest absolute Gasteiger partial charge is 0.481 e. The summed E-state index contributed by atoms with van der Waals surface area (Å²) in [6.45, 7) is 7.65. The molecule has 1 aromatic carbocycles. The Hall–Kier alpha value is -2.28. The highest BCUT2D eigenvalue weighted by Gasteiger charge is 2.18. The Bertz CT molecular complexity index is 641. The fourth-order valence-corrected chi connectivity index (χ4v) is 2.72. The Morgan fingerprint density at radius 1 is 1.22 bits per heavy atom. The number of quaternary nitrogens is 1. The molecule has 1 aromatic heterocycles. The van der Waals surface area contributed by atoms with E-state index in [1.807, 2.05) is 6.92 Å². The molecule has 2 aromatic rings. The number of aromatic nitrogens is 4. The van der Waals surface area contributed by atoms with Crippen molar-refractivity contribution in [2.75, 3.05) is 20.6 Å². The molecule has 0 fully saturated rings. The van der Waals surface area contributed by atoms with Crippen molar-refractivity contribution in [3.05, 3.63) is 41.2 Å². The highest BCUT2D eigenvalue weighted by atomic mass is 16.4. The van der Waals surface area contributed by atoms with E-state index in [1.54, 1.807) is 0 Å². The van der Waals surface area contributed by atoms with Crippen LogP contribution in [0.3, 0.4) is 0 Å². The van der Waals surface area contributed by atoms with Crippen molar-refractivity contribution in [1.29, 1.82) is 0 Å². The van der Waals surface area contributed by atoms with E-state index in [1.165, 1.54) is 29.0 Å². The molecule has 0 aliphatic rings. The first-order chi connectivity index (χ1) is 12.8. The summed E-state index contributed by atoms with van der Waals surface area (Å²) in [5, 5.41) is 21.9. The van der Waals surface area contributed by atoms with Crippen molar-refractivity contribution in [3.63, 3.8) is 0 Å². The minimum Gasteiger partial charge on any atom is -0.481 e. The first-order valence-electron chi connectivity index (χ1n) is 9.64. The average molecular weight is 377 g/mol. The second-order valence-corrected chi connectivity index (χ2v) is 7.41. The second-order valence-electron chi connectivity index (χ2n) is 7.41. The maximum Gasteiger partial charge on any atom is 0.306 e. The molecule has 150 valence electrons. The van der Waals surface area contributed by atoms with E-state index in [-0.39, 0.29) is 0 Å². The van der Waals surface area contributed by atoms with Gasteiger partial charge in [-0.25, -0.2) is 0 Å². The summed E-state index contributed by atoms with van der Waals surface area (Å²) in [4.78, 5) is 12.3. The molecule has 7 heteroatoms. The first-order valence-corrected chi connectivity index (χ1v) is 9.64. The summed E-state index contributed by atoms with van der Waals surface area (Å²) in [6.07, 6.45) is 3.10. The van der Waals surface area contributed by atoms with E-state index in [0.29, 0.717) is 24.6 Å². The van der Waals surface area contributed by atoms with Crippen LogP contribution in [0.2, 0.25) is 0 Å². The number of tetrazole rings is 1. The highest BCUT2D eigenvalue weighted by Crippen LogP contribution is 2.18. The number of nitrogens with zero attached hydrogens (tertiary/aromatic N) is 3. The average Bonchev–Trinajstić information content (AvgIpc) is 3.13. The van der Waals surface area contributed by atoms with Crippen molar-refractivity contribution < 1.29 is 14.8 Å². The van der Waals surface area contributed by atoms with E-state index in [9.17, 15) is 4.79 Å². The number of carboxylic acid groups (broad SMARTS) is 1. The molecule has 0 saturated heterocycles. The minimum atomic E-state index is -0.799. The molecule has 0 saturated carbocycles. The van der Waals surface area contributed by atoms with E-state index >= 15 is 0 Å². The van der Waals surface area contributed by atoms with Gasteiger partial charge in [0.25, 0.3) is 0 Å². The minimum absolute atomic E-state index is 0.347. The number of aliphatic carboxylic acids is 1. The molecule has 0 spiro atoms. The molecule has 0 amide bonds. The van der Waals surface area contributed by atoms with Crippen LogP contribution in [0.1, 0.15) is 56.0 Å².